The van der Waals surface area contributed by atoms with E-state index < -0.39 is 6.04 Å². The Balaban J connectivity index is 2.01. The molecule has 4 heteroatoms. The Hall–Kier alpha value is -2.02. The van der Waals surface area contributed by atoms with Gasteiger partial charge in [0.05, 0.1) is 12.0 Å². The Morgan fingerprint density at radius 1 is 1.47 bits per heavy atom. The zero-order valence-corrected chi connectivity index (χ0v) is 11.2. The standard InChI is InChI=1S/C15H18N2O2/c1-10(2)13(8-16)17-15(18)12-7-11-5-3-4-6-14(11)19-9-12/h3-6,10,12-13H,7,9H2,1-2H3,(H,17,18). The Bertz CT molecular complexity index is 505. The van der Waals surface area contributed by atoms with Gasteiger partial charge in [0.25, 0.3) is 0 Å². The zero-order chi connectivity index (χ0) is 13.8. The lowest BCUT2D eigenvalue weighted by Gasteiger charge is -2.26. The maximum atomic E-state index is 12.1. The Morgan fingerprint density at radius 2 is 2.21 bits per heavy atom. The summed E-state index contributed by atoms with van der Waals surface area (Å²) in [7, 11) is 0. The van der Waals surface area contributed by atoms with Crippen molar-refractivity contribution in [2.24, 2.45) is 11.8 Å². The van der Waals surface area contributed by atoms with Gasteiger partial charge in [-0.1, -0.05) is 32.0 Å². The van der Waals surface area contributed by atoms with Crippen LogP contribution in [0, 0.1) is 23.2 Å². The summed E-state index contributed by atoms with van der Waals surface area (Å²) >= 11 is 0. The summed E-state index contributed by atoms with van der Waals surface area (Å²) in [6, 6.07) is 9.42. The highest BCUT2D eigenvalue weighted by Gasteiger charge is 2.27. The highest BCUT2D eigenvalue weighted by atomic mass is 16.5. The average Bonchev–Trinajstić information content (AvgIpc) is 2.43. The van der Waals surface area contributed by atoms with Crippen LogP contribution in [0.2, 0.25) is 0 Å². The molecule has 2 rings (SSSR count). The largest absolute Gasteiger partial charge is 0.492 e. The number of amides is 1. The number of rotatable bonds is 3. The highest BCUT2D eigenvalue weighted by molar-refractivity contribution is 5.80. The highest BCUT2D eigenvalue weighted by Crippen LogP contribution is 2.26. The maximum absolute atomic E-state index is 12.1. The fourth-order valence-corrected chi connectivity index (χ4v) is 2.12. The van der Waals surface area contributed by atoms with Gasteiger partial charge in [0.2, 0.25) is 5.91 Å². The van der Waals surface area contributed by atoms with Crippen LogP contribution in [0.3, 0.4) is 0 Å². The lowest BCUT2D eigenvalue weighted by molar-refractivity contribution is -0.126. The second-order valence-electron chi connectivity index (χ2n) is 5.18. The topological polar surface area (TPSA) is 62.1 Å². The van der Waals surface area contributed by atoms with Crippen LogP contribution in [-0.4, -0.2) is 18.6 Å². The van der Waals surface area contributed by atoms with E-state index in [0.717, 1.165) is 11.3 Å². The van der Waals surface area contributed by atoms with Crippen LogP contribution in [0.25, 0.3) is 0 Å². The van der Waals surface area contributed by atoms with E-state index in [1.54, 1.807) is 0 Å². The fraction of sp³-hybridized carbons (Fsp3) is 0.467. The van der Waals surface area contributed by atoms with Gasteiger partial charge in [0, 0.05) is 0 Å². The molecular weight excluding hydrogens is 240 g/mol. The van der Waals surface area contributed by atoms with Gasteiger partial charge in [-0.05, 0) is 24.0 Å². The first-order valence-electron chi connectivity index (χ1n) is 6.52. The van der Waals surface area contributed by atoms with Gasteiger partial charge in [-0.25, -0.2) is 0 Å². The molecule has 1 N–H and O–H groups in total. The normalized spacial score (nSPS) is 18.9. The minimum Gasteiger partial charge on any atom is -0.492 e. The molecule has 1 aliphatic heterocycles. The van der Waals surface area contributed by atoms with E-state index in [2.05, 4.69) is 11.4 Å². The molecule has 1 aliphatic rings. The predicted octanol–water partition coefficient (Wildman–Crippen LogP) is 1.90. The molecule has 0 spiro atoms. The number of nitrogens with zero attached hydrogens (tertiary/aromatic N) is 1. The number of nitrogens with one attached hydrogen (secondary N) is 1. The number of hydrogen-bond donors (Lipinski definition) is 1. The van der Waals surface area contributed by atoms with Crippen LogP contribution in [0.5, 0.6) is 5.75 Å². The van der Waals surface area contributed by atoms with Crippen molar-refractivity contribution < 1.29 is 9.53 Å². The van der Waals surface area contributed by atoms with Gasteiger partial charge < -0.3 is 10.1 Å². The van der Waals surface area contributed by atoms with Crippen LogP contribution in [0.1, 0.15) is 19.4 Å². The molecular formula is C15H18N2O2. The Kier molecular flexibility index (Phi) is 4.06. The summed E-state index contributed by atoms with van der Waals surface area (Å²) in [4.78, 5) is 12.1. The van der Waals surface area contributed by atoms with E-state index in [0.29, 0.717) is 13.0 Å². The number of carbonyl (C=O) groups excluding carboxylic acids is 1. The SMILES string of the molecule is CC(C)C(C#N)NC(=O)C1COc2ccccc2C1. The number of nitriles is 1. The van der Waals surface area contributed by atoms with Gasteiger partial charge in [-0.3, -0.25) is 4.79 Å². The molecule has 0 aliphatic carbocycles. The van der Waals surface area contributed by atoms with Crippen molar-refractivity contribution in [3.8, 4) is 11.8 Å². The Morgan fingerprint density at radius 3 is 2.89 bits per heavy atom. The molecule has 1 amide bonds. The van der Waals surface area contributed by atoms with E-state index in [1.165, 1.54) is 0 Å². The van der Waals surface area contributed by atoms with Gasteiger partial charge >= 0.3 is 0 Å². The average molecular weight is 258 g/mol. The lowest BCUT2D eigenvalue weighted by Crippen LogP contribution is -2.44. The summed E-state index contributed by atoms with van der Waals surface area (Å²) in [5.41, 5.74) is 1.05. The molecule has 0 saturated heterocycles. The molecule has 1 heterocycles. The molecule has 19 heavy (non-hydrogen) atoms. The lowest BCUT2D eigenvalue weighted by atomic mass is 9.95. The van der Waals surface area contributed by atoms with E-state index in [-0.39, 0.29) is 17.7 Å². The van der Waals surface area contributed by atoms with Crippen molar-refractivity contribution in [3.63, 3.8) is 0 Å². The van der Waals surface area contributed by atoms with Crippen LogP contribution in [-0.2, 0) is 11.2 Å². The second-order valence-corrected chi connectivity index (χ2v) is 5.18. The smallest absolute Gasteiger partial charge is 0.227 e. The molecule has 0 radical (unpaired) electrons. The van der Waals surface area contributed by atoms with Gasteiger partial charge in [0.1, 0.15) is 18.4 Å². The fourth-order valence-electron chi connectivity index (χ4n) is 2.12. The molecule has 0 aromatic heterocycles. The zero-order valence-electron chi connectivity index (χ0n) is 11.2. The summed E-state index contributed by atoms with van der Waals surface area (Å²) < 4.78 is 5.59. The number of ether oxygens (including phenoxy) is 1. The van der Waals surface area contributed by atoms with Crippen molar-refractivity contribution in [1.82, 2.24) is 5.32 Å². The molecule has 0 bridgehead atoms. The molecule has 4 nitrogen and oxygen atoms in total. The second kappa shape index (κ2) is 5.75. The first-order chi connectivity index (χ1) is 9.11. The van der Waals surface area contributed by atoms with E-state index >= 15 is 0 Å². The summed E-state index contributed by atoms with van der Waals surface area (Å²) in [6.07, 6.45) is 0.665. The van der Waals surface area contributed by atoms with E-state index in [1.807, 2.05) is 38.1 Å². The Labute approximate surface area is 113 Å². The van der Waals surface area contributed by atoms with Crippen LogP contribution in [0.15, 0.2) is 24.3 Å². The van der Waals surface area contributed by atoms with Crippen LogP contribution < -0.4 is 10.1 Å². The van der Waals surface area contributed by atoms with Crippen molar-refractivity contribution in [3.05, 3.63) is 29.8 Å². The van der Waals surface area contributed by atoms with Crippen molar-refractivity contribution in [1.29, 1.82) is 5.26 Å². The molecule has 0 saturated carbocycles. The number of hydrogen-bond acceptors (Lipinski definition) is 3. The van der Waals surface area contributed by atoms with Gasteiger partial charge in [0.15, 0.2) is 0 Å². The summed E-state index contributed by atoms with van der Waals surface area (Å²) in [5.74, 6) is 0.636. The van der Waals surface area contributed by atoms with E-state index in [4.69, 9.17) is 10.00 Å². The summed E-state index contributed by atoms with van der Waals surface area (Å²) in [6.45, 7) is 4.21. The number of carbonyl (C=O) groups is 1. The number of benzene rings is 1. The molecule has 2 unspecified atom stereocenters. The van der Waals surface area contributed by atoms with Crippen molar-refractivity contribution in [2.45, 2.75) is 26.3 Å². The molecule has 2 atom stereocenters. The predicted molar refractivity (Wildman–Crippen MR) is 71.5 cm³/mol. The monoisotopic (exact) mass is 258 g/mol. The number of fused-ring (bicyclic) bond motifs is 1. The minimum absolute atomic E-state index is 0.102. The summed E-state index contributed by atoms with van der Waals surface area (Å²) in [5, 5.41) is 11.8. The molecule has 0 fully saturated rings. The third-order valence-electron chi connectivity index (χ3n) is 3.35. The quantitative estimate of drug-likeness (QED) is 0.900. The third-order valence-corrected chi connectivity index (χ3v) is 3.35. The minimum atomic E-state index is -0.440. The maximum Gasteiger partial charge on any atom is 0.227 e. The third kappa shape index (κ3) is 3.05. The van der Waals surface area contributed by atoms with Crippen LogP contribution >= 0.6 is 0 Å². The first kappa shape index (κ1) is 13.4. The molecule has 1 aromatic rings. The van der Waals surface area contributed by atoms with Gasteiger partial charge in [-0.15, -0.1) is 0 Å². The van der Waals surface area contributed by atoms with Crippen molar-refractivity contribution >= 4 is 5.91 Å². The molecule has 1 aromatic carbocycles. The first-order valence-corrected chi connectivity index (χ1v) is 6.52. The van der Waals surface area contributed by atoms with Crippen molar-refractivity contribution in [2.75, 3.05) is 6.61 Å². The van der Waals surface area contributed by atoms with Crippen LogP contribution in [0.4, 0.5) is 0 Å². The number of para-hydroxylation sites is 1. The molecule has 100 valence electrons. The van der Waals surface area contributed by atoms with E-state index in [9.17, 15) is 4.79 Å². The van der Waals surface area contributed by atoms with Gasteiger partial charge in [-0.2, -0.15) is 5.26 Å².